The summed E-state index contributed by atoms with van der Waals surface area (Å²) in [5, 5.41) is 8.47. The highest BCUT2D eigenvalue weighted by Crippen LogP contribution is 2.17. The van der Waals surface area contributed by atoms with Gasteiger partial charge in [-0.05, 0) is 19.8 Å². The minimum atomic E-state index is -0.0359. The van der Waals surface area contributed by atoms with Crippen molar-refractivity contribution in [2.45, 2.75) is 32.2 Å². The third-order valence-corrected chi connectivity index (χ3v) is 2.18. The fraction of sp³-hybridized carbons (Fsp3) is 0.800. The van der Waals surface area contributed by atoms with Crippen molar-refractivity contribution in [1.82, 2.24) is 16.0 Å². The average Bonchev–Trinajstić information content (AvgIpc) is 2.98. The minimum absolute atomic E-state index is 0.0204. The second kappa shape index (κ2) is 6.40. The maximum Gasteiger partial charge on any atom is 0.233 e. The van der Waals surface area contributed by atoms with Gasteiger partial charge < -0.3 is 16.0 Å². The maximum absolute atomic E-state index is 11.2. The predicted octanol–water partition coefficient (Wildman–Crippen LogP) is -0.619. The van der Waals surface area contributed by atoms with E-state index in [1.54, 1.807) is 0 Å². The third-order valence-electron chi connectivity index (χ3n) is 2.18. The molecule has 0 radical (unpaired) electrons. The van der Waals surface area contributed by atoms with Crippen LogP contribution in [0.4, 0.5) is 0 Å². The molecule has 2 amide bonds. The Morgan fingerprint density at radius 1 is 1.20 bits per heavy atom. The van der Waals surface area contributed by atoms with E-state index in [-0.39, 0.29) is 11.8 Å². The monoisotopic (exact) mass is 213 g/mol. The summed E-state index contributed by atoms with van der Waals surface area (Å²) in [5.41, 5.74) is 0. The molecule has 0 aromatic carbocycles. The Balaban J connectivity index is 1.93. The van der Waals surface area contributed by atoms with Crippen LogP contribution in [0.5, 0.6) is 0 Å². The van der Waals surface area contributed by atoms with Crippen molar-refractivity contribution in [2.75, 3.05) is 19.6 Å². The van der Waals surface area contributed by atoms with Gasteiger partial charge in [-0.2, -0.15) is 0 Å². The van der Waals surface area contributed by atoms with Crippen molar-refractivity contribution in [3.8, 4) is 0 Å². The summed E-state index contributed by atoms with van der Waals surface area (Å²) >= 11 is 0. The molecule has 3 N–H and O–H groups in total. The first-order valence-corrected chi connectivity index (χ1v) is 5.49. The van der Waals surface area contributed by atoms with Crippen LogP contribution in [0, 0.1) is 0 Å². The molecule has 0 atom stereocenters. The van der Waals surface area contributed by atoms with Gasteiger partial charge in [0.15, 0.2) is 0 Å². The van der Waals surface area contributed by atoms with Gasteiger partial charge in [-0.3, -0.25) is 9.59 Å². The van der Waals surface area contributed by atoms with Gasteiger partial charge in [0.05, 0.1) is 6.54 Å². The lowest BCUT2D eigenvalue weighted by Gasteiger charge is -2.05. The van der Waals surface area contributed by atoms with Crippen molar-refractivity contribution >= 4 is 11.8 Å². The highest BCUT2D eigenvalue weighted by molar-refractivity contribution is 5.80. The van der Waals surface area contributed by atoms with Crippen LogP contribution in [0.15, 0.2) is 0 Å². The van der Waals surface area contributed by atoms with Crippen LogP contribution >= 0.6 is 0 Å². The van der Waals surface area contributed by atoms with Crippen molar-refractivity contribution in [2.24, 2.45) is 0 Å². The summed E-state index contributed by atoms with van der Waals surface area (Å²) in [5.74, 6) is -0.0563. The first-order chi connectivity index (χ1) is 7.22. The number of rotatable bonds is 7. The molecule has 1 fully saturated rings. The second-order valence-electron chi connectivity index (χ2n) is 3.71. The standard InChI is InChI=1S/C10H19N3O2/c1-2-11-9(14)5-6-12-10(15)7-13-8-3-4-8/h8,13H,2-7H2,1H3,(H,11,14)(H,12,15). The SMILES string of the molecule is CCNC(=O)CCNC(=O)CNC1CC1. The molecule has 5 nitrogen and oxygen atoms in total. The lowest BCUT2D eigenvalue weighted by Crippen LogP contribution is -2.37. The van der Waals surface area contributed by atoms with E-state index in [1.165, 1.54) is 12.8 Å². The molecule has 1 aliphatic carbocycles. The number of carbonyl (C=O) groups excluding carboxylic acids is 2. The zero-order valence-electron chi connectivity index (χ0n) is 9.14. The van der Waals surface area contributed by atoms with Gasteiger partial charge in [0, 0.05) is 25.6 Å². The topological polar surface area (TPSA) is 70.2 Å². The van der Waals surface area contributed by atoms with E-state index in [0.29, 0.717) is 32.1 Å². The molecule has 0 bridgehead atoms. The summed E-state index contributed by atoms with van der Waals surface area (Å²) in [7, 11) is 0. The molecule has 0 saturated heterocycles. The van der Waals surface area contributed by atoms with Crippen molar-refractivity contribution in [1.29, 1.82) is 0 Å². The fourth-order valence-corrected chi connectivity index (χ4v) is 1.19. The van der Waals surface area contributed by atoms with Crippen LogP contribution in [-0.4, -0.2) is 37.5 Å². The lowest BCUT2D eigenvalue weighted by atomic mass is 10.4. The third kappa shape index (κ3) is 6.06. The Morgan fingerprint density at radius 3 is 2.53 bits per heavy atom. The number of hydrogen-bond acceptors (Lipinski definition) is 3. The van der Waals surface area contributed by atoms with Gasteiger partial charge in [0.2, 0.25) is 11.8 Å². The van der Waals surface area contributed by atoms with Crippen LogP contribution < -0.4 is 16.0 Å². The molecule has 0 aliphatic heterocycles. The largest absolute Gasteiger partial charge is 0.356 e. The summed E-state index contributed by atoms with van der Waals surface area (Å²) in [6.45, 7) is 3.28. The Kier molecular flexibility index (Phi) is 5.10. The van der Waals surface area contributed by atoms with Crippen LogP contribution in [0.1, 0.15) is 26.2 Å². The molecular formula is C10H19N3O2. The number of hydrogen-bond donors (Lipinski definition) is 3. The van der Waals surface area contributed by atoms with Gasteiger partial charge in [-0.1, -0.05) is 0 Å². The van der Waals surface area contributed by atoms with E-state index in [9.17, 15) is 9.59 Å². The van der Waals surface area contributed by atoms with Crippen molar-refractivity contribution < 1.29 is 9.59 Å². The lowest BCUT2D eigenvalue weighted by molar-refractivity contribution is -0.121. The van der Waals surface area contributed by atoms with Crippen LogP contribution in [0.2, 0.25) is 0 Å². The summed E-state index contributed by atoms with van der Waals surface area (Å²) in [6, 6.07) is 0.541. The predicted molar refractivity (Wildman–Crippen MR) is 57.3 cm³/mol. The molecule has 15 heavy (non-hydrogen) atoms. The van der Waals surface area contributed by atoms with Crippen LogP contribution in [0.25, 0.3) is 0 Å². The van der Waals surface area contributed by atoms with E-state index in [1.807, 2.05) is 6.92 Å². The molecule has 0 spiro atoms. The van der Waals surface area contributed by atoms with Crippen LogP contribution in [-0.2, 0) is 9.59 Å². The van der Waals surface area contributed by atoms with Gasteiger partial charge in [0.1, 0.15) is 0 Å². The van der Waals surface area contributed by atoms with Crippen molar-refractivity contribution in [3.05, 3.63) is 0 Å². The number of amides is 2. The molecular weight excluding hydrogens is 194 g/mol. The van der Waals surface area contributed by atoms with E-state index < -0.39 is 0 Å². The quantitative estimate of drug-likeness (QED) is 0.528. The van der Waals surface area contributed by atoms with Crippen molar-refractivity contribution in [3.63, 3.8) is 0 Å². The highest BCUT2D eigenvalue weighted by Gasteiger charge is 2.20. The average molecular weight is 213 g/mol. The highest BCUT2D eigenvalue weighted by atomic mass is 16.2. The van der Waals surface area contributed by atoms with Gasteiger partial charge in [0.25, 0.3) is 0 Å². The summed E-state index contributed by atoms with van der Waals surface area (Å²) in [6.07, 6.45) is 2.70. The smallest absolute Gasteiger partial charge is 0.233 e. The maximum atomic E-state index is 11.2. The zero-order valence-corrected chi connectivity index (χ0v) is 9.14. The fourth-order valence-electron chi connectivity index (χ4n) is 1.19. The Morgan fingerprint density at radius 2 is 1.93 bits per heavy atom. The Labute approximate surface area is 90.0 Å². The van der Waals surface area contributed by atoms with Gasteiger partial charge in [-0.15, -0.1) is 0 Å². The molecule has 0 aromatic heterocycles. The van der Waals surface area contributed by atoms with Gasteiger partial charge in [-0.25, -0.2) is 0 Å². The molecule has 5 heteroatoms. The van der Waals surface area contributed by atoms with E-state index in [4.69, 9.17) is 0 Å². The second-order valence-corrected chi connectivity index (χ2v) is 3.71. The molecule has 0 aromatic rings. The number of carbonyl (C=O) groups is 2. The minimum Gasteiger partial charge on any atom is -0.356 e. The molecule has 1 rings (SSSR count). The van der Waals surface area contributed by atoms with Crippen LogP contribution in [0.3, 0.4) is 0 Å². The first-order valence-electron chi connectivity index (χ1n) is 5.49. The molecule has 0 heterocycles. The van der Waals surface area contributed by atoms with Gasteiger partial charge >= 0.3 is 0 Å². The summed E-state index contributed by atoms with van der Waals surface area (Å²) in [4.78, 5) is 22.2. The Hall–Kier alpha value is -1.10. The zero-order chi connectivity index (χ0) is 11.1. The molecule has 1 aliphatic rings. The first kappa shape index (κ1) is 12.0. The normalized spacial score (nSPS) is 14.7. The molecule has 86 valence electrons. The van der Waals surface area contributed by atoms with E-state index >= 15 is 0 Å². The molecule has 1 saturated carbocycles. The summed E-state index contributed by atoms with van der Waals surface area (Å²) < 4.78 is 0. The molecule has 0 unspecified atom stereocenters. The van der Waals surface area contributed by atoms with E-state index in [2.05, 4.69) is 16.0 Å². The van der Waals surface area contributed by atoms with E-state index in [0.717, 1.165) is 0 Å². The Bertz CT molecular complexity index is 227. The number of nitrogens with one attached hydrogen (secondary N) is 3.